The monoisotopic (exact) mass is 302 g/mol. The molecule has 0 amide bonds. The number of aliphatic carboxylic acids is 1. The molecule has 0 saturated heterocycles. The Hall–Kier alpha value is -1.14. The summed E-state index contributed by atoms with van der Waals surface area (Å²) in [5.41, 5.74) is 0.533. The van der Waals surface area contributed by atoms with Crippen LogP contribution in [0, 0.1) is 0 Å². The van der Waals surface area contributed by atoms with Gasteiger partial charge in [-0.3, -0.25) is 4.79 Å². The molecule has 0 fully saturated rings. The van der Waals surface area contributed by atoms with Crippen molar-refractivity contribution < 1.29 is 18.3 Å². The molecule has 16 heavy (non-hydrogen) atoms. The van der Waals surface area contributed by atoms with E-state index in [4.69, 9.17) is 5.11 Å². The second-order valence-corrected chi connectivity index (χ2v) is 6.14. The van der Waals surface area contributed by atoms with Gasteiger partial charge in [-0.15, -0.1) is 0 Å². The number of fused-ring (bicyclic) bond motifs is 1. The lowest BCUT2D eigenvalue weighted by Gasteiger charge is -2.03. The average molecular weight is 303 g/mol. The summed E-state index contributed by atoms with van der Waals surface area (Å²) in [5, 5.41) is 8.64. The van der Waals surface area contributed by atoms with Crippen LogP contribution < -0.4 is 0 Å². The Morgan fingerprint density at radius 3 is 2.62 bits per heavy atom. The average Bonchev–Trinajstić information content (AvgIpc) is 2.38. The fourth-order valence-electron chi connectivity index (χ4n) is 1.60. The summed E-state index contributed by atoms with van der Waals surface area (Å²) in [6.45, 7) is 0. The van der Waals surface area contributed by atoms with E-state index in [1.54, 1.807) is 18.2 Å². The highest BCUT2D eigenvalue weighted by Gasteiger charge is 2.32. The van der Waals surface area contributed by atoms with Crippen molar-refractivity contribution in [1.82, 2.24) is 0 Å². The van der Waals surface area contributed by atoms with Crippen LogP contribution in [-0.2, 0) is 14.6 Å². The third kappa shape index (κ3) is 1.68. The number of hydrogen-bond acceptors (Lipinski definition) is 3. The molecule has 1 aromatic rings. The number of benzene rings is 1. The summed E-state index contributed by atoms with van der Waals surface area (Å²) in [6, 6.07) is 4.97. The highest BCUT2D eigenvalue weighted by molar-refractivity contribution is 9.10. The second-order valence-electron chi connectivity index (χ2n) is 3.34. The first kappa shape index (κ1) is 11.3. The van der Waals surface area contributed by atoms with E-state index in [1.165, 1.54) is 6.08 Å². The van der Waals surface area contributed by atoms with Gasteiger partial charge in [0.2, 0.25) is 9.84 Å². The van der Waals surface area contributed by atoms with Gasteiger partial charge in [-0.2, -0.15) is 0 Å². The zero-order valence-corrected chi connectivity index (χ0v) is 10.4. The molecule has 4 nitrogen and oxygen atoms in total. The lowest BCUT2D eigenvalue weighted by Crippen LogP contribution is -2.06. The lowest BCUT2D eigenvalue weighted by molar-refractivity contribution is -0.136. The van der Waals surface area contributed by atoms with Crippen molar-refractivity contribution in [3.05, 3.63) is 33.1 Å². The highest BCUT2D eigenvalue weighted by atomic mass is 79.9. The molecule has 0 radical (unpaired) electrons. The Kier molecular flexibility index (Phi) is 2.63. The van der Waals surface area contributed by atoms with Crippen LogP contribution in [0.5, 0.6) is 0 Å². The van der Waals surface area contributed by atoms with Crippen molar-refractivity contribution in [2.24, 2.45) is 0 Å². The van der Waals surface area contributed by atoms with E-state index in [9.17, 15) is 13.2 Å². The Labute approximate surface area is 101 Å². The molecule has 1 N–H and O–H groups in total. The maximum Gasteiger partial charge on any atom is 0.308 e. The van der Waals surface area contributed by atoms with Crippen molar-refractivity contribution >= 4 is 37.8 Å². The van der Waals surface area contributed by atoms with Crippen LogP contribution in [0.1, 0.15) is 12.0 Å². The molecule has 0 atom stereocenters. The molecule has 0 saturated carbocycles. The van der Waals surface area contributed by atoms with Crippen LogP contribution in [0.3, 0.4) is 0 Å². The van der Waals surface area contributed by atoms with E-state index in [0.29, 0.717) is 10.0 Å². The van der Waals surface area contributed by atoms with Crippen molar-refractivity contribution in [3.8, 4) is 0 Å². The van der Waals surface area contributed by atoms with Crippen LogP contribution in [0.4, 0.5) is 0 Å². The Morgan fingerprint density at radius 1 is 1.38 bits per heavy atom. The van der Waals surface area contributed by atoms with Gasteiger partial charge in [0, 0.05) is 4.47 Å². The molecular weight excluding hydrogens is 296 g/mol. The fourth-order valence-corrected chi connectivity index (χ4v) is 4.24. The van der Waals surface area contributed by atoms with Crippen molar-refractivity contribution in [3.63, 3.8) is 0 Å². The zero-order valence-electron chi connectivity index (χ0n) is 7.97. The van der Waals surface area contributed by atoms with E-state index in [-0.39, 0.29) is 9.80 Å². The van der Waals surface area contributed by atoms with E-state index in [2.05, 4.69) is 15.9 Å². The predicted molar refractivity (Wildman–Crippen MR) is 61.6 cm³/mol. The van der Waals surface area contributed by atoms with Crippen LogP contribution in [-0.4, -0.2) is 19.5 Å². The van der Waals surface area contributed by atoms with Gasteiger partial charge in [0.25, 0.3) is 0 Å². The van der Waals surface area contributed by atoms with Crippen LogP contribution >= 0.6 is 15.9 Å². The van der Waals surface area contributed by atoms with Crippen LogP contribution in [0.15, 0.2) is 32.5 Å². The maximum absolute atomic E-state index is 12.0. The summed E-state index contributed by atoms with van der Waals surface area (Å²) in [6.07, 6.45) is 0.924. The molecule has 0 aliphatic carbocycles. The number of rotatable bonds is 2. The molecule has 0 bridgehead atoms. The fraction of sp³-hybridized carbons (Fsp3) is 0.100. The van der Waals surface area contributed by atoms with E-state index in [0.717, 1.165) is 0 Å². The first-order valence-corrected chi connectivity index (χ1v) is 6.66. The van der Waals surface area contributed by atoms with E-state index < -0.39 is 22.2 Å². The Bertz CT molecular complexity index is 601. The van der Waals surface area contributed by atoms with Gasteiger partial charge in [0.1, 0.15) is 0 Å². The van der Waals surface area contributed by atoms with Crippen molar-refractivity contribution in [1.29, 1.82) is 0 Å². The molecule has 2 rings (SSSR count). The van der Waals surface area contributed by atoms with Gasteiger partial charge < -0.3 is 5.11 Å². The summed E-state index contributed by atoms with van der Waals surface area (Å²) in [7, 11) is -3.64. The topological polar surface area (TPSA) is 71.4 Å². The highest BCUT2D eigenvalue weighted by Crippen LogP contribution is 2.38. The molecule has 1 aliphatic heterocycles. The molecule has 0 aromatic heterocycles. The molecule has 1 heterocycles. The molecular formula is C10H7BrO4S. The van der Waals surface area contributed by atoms with E-state index in [1.807, 2.05) is 0 Å². The quantitative estimate of drug-likeness (QED) is 0.907. The van der Waals surface area contributed by atoms with Gasteiger partial charge in [-0.1, -0.05) is 12.1 Å². The van der Waals surface area contributed by atoms with Gasteiger partial charge in [0.05, 0.1) is 16.2 Å². The molecule has 0 unspecified atom stereocenters. The smallest absolute Gasteiger partial charge is 0.308 e. The number of hydrogen-bond donors (Lipinski definition) is 1. The summed E-state index contributed by atoms with van der Waals surface area (Å²) >= 11 is 3.16. The minimum Gasteiger partial charge on any atom is -0.481 e. The largest absolute Gasteiger partial charge is 0.481 e. The van der Waals surface area contributed by atoms with Crippen LogP contribution in [0.25, 0.3) is 6.08 Å². The second kappa shape index (κ2) is 3.71. The van der Waals surface area contributed by atoms with E-state index >= 15 is 0 Å². The Balaban J connectivity index is 2.61. The molecule has 0 spiro atoms. The SMILES string of the molecule is O=C(O)CC1=Cc2cccc(Br)c2S1(=O)=O. The number of halogens is 1. The summed E-state index contributed by atoms with van der Waals surface area (Å²) < 4.78 is 24.4. The molecule has 1 aromatic carbocycles. The molecule has 6 heteroatoms. The van der Waals surface area contributed by atoms with Crippen molar-refractivity contribution in [2.45, 2.75) is 11.3 Å². The van der Waals surface area contributed by atoms with Gasteiger partial charge >= 0.3 is 5.97 Å². The number of carboxylic acid groups (broad SMARTS) is 1. The minimum atomic E-state index is -3.64. The first-order chi connectivity index (χ1) is 7.43. The van der Waals surface area contributed by atoms with Crippen molar-refractivity contribution in [2.75, 3.05) is 0 Å². The van der Waals surface area contributed by atoms with Gasteiger partial charge in [0.15, 0.2) is 0 Å². The number of carboxylic acids is 1. The molecule has 1 aliphatic rings. The third-order valence-electron chi connectivity index (χ3n) is 2.25. The summed E-state index contributed by atoms with van der Waals surface area (Å²) in [5.74, 6) is -1.15. The first-order valence-electron chi connectivity index (χ1n) is 4.39. The third-order valence-corrected chi connectivity index (χ3v) is 5.12. The summed E-state index contributed by atoms with van der Waals surface area (Å²) in [4.78, 5) is 10.7. The minimum absolute atomic E-state index is 0.0677. The van der Waals surface area contributed by atoms with Gasteiger partial charge in [-0.25, -0.2) is 8.42 Å². The van der Waals surface area contributed by atoms with Crippen LogP contribution in [0.2, 0.25) is 0 Å². The number of sulfone groups is 1. The standard InChI is InChI=1S/C10H7BrO4S/c11-8-3-1-2-6-4-7(5-9(12)13)16(14,15)10(6)8/h1-4H,5H2,(H,12,13). The normalized spacial score (nSPS) is 16.7. The van der Waals surface area contributed by atoms with Gasteiger partial charge in [-0.05, 0) is 33.6 Å². The zero-order chi connectivity index (χ0) is 11.9. The Morgan fingerprint density at radius 2 is 2.06 bits per heavy atom. The lowest BCUT2D eigenvalue weighted by atomic mass is 10.2. The number of carbonyl (C=O) groups is 1. The maximum atomic E-state index is 12.0. The predicted octanol–water partition coefficient (Wildman–Crippen LogP) is 2.05. The molecule has 84 valence electrons.